The van der Waals surface area contributed by atoms with Crippen LogP contribution in [0.15, 0.2) is 12.7 Å². The van der Waals surface area contributed by atoms with Crippen molar-refractivity contribution in [1.29, 1.82) is 0 Å². The summed E-state index contributed by atoms with van der Waals surface area (Å²) in [5, 5.41) is 0. The van der Waals surface area contributed by atoms with E-state index < -0.39 is 0 Å². The Labute approximate surface area is 111 Å². The molecule has 0 saturated heterocycles. The predicted molar refractivity (Wildman–Crippen MR) is 46.4 cm³/mol. The van der Waals surface area contributed by atoms with E-state index in [1.807, 2.05) is 20.8 Å². The molecule has 0 rings (SSSR count). The van der Waals surface area contributed by atoms with Gasteiger partial charge < -0.3 is 4.74 Å². The van der Waals surface area contributed by atoms with E-state index in [0.717, 1.165) is 6.42 Å². The summed E-state index contributed by atoms with van der Waals surface area (Å²) < 4.78 is 4.98. The minimum atomic E-state index is -0.356. The number of carbonyl (C=O) groups excluding carboxylic acids is 1. The van der Waals surface area contributed by atoms with Gasteiger partial charge in [0.25, 0.3) is 0 Å². The Hall–Kier alpha value is 0.846. The van der Waals surface area contributed by atoms with Gasteiger partial charge in [-0.05, 0) is 20.3 Å². The van der Waals surface area contributed by atoms with Gasteiger partial charge in [0.2, 0.25) is 0 Å². The van der Waals surface area contributed by atoms with E-state index in [0.29, 0.717) is 0 Å². The number of esters is 1. The van der Waals surface area contributed by atoms with Crippen LogP contribution < -0.4 is 0 Å². The van der Waals surface area contributed by atoms with Gasteiger partial charge in [-0.1, -0.05) is 13.5 Å². The summed E-state index contributed by atoms with van der Waals surface area (Å²) in [6.07, 6.45) is 1.99. The fraction of sp³-hybridized carbons (Fsp3) is 0.625. The zero-order valence-electron chi connectivity index (χ0n) is 7.81. The average Bonchev–Trinajstić information content (AvgIpc) is 1.87. The van der Waals surface area contributed by atoms with Crippen LogP contribution in [0.1, 0.15) is 27.2 Å². The van der Waals surface area contributed by atoms with Crippen LogP contribution in [0.2, 0.25) is 0 Å². The normalized spacial score (nSPS) is 9.73. The summed E-state index contributed by atoms with van der Waals surface area (Å²) in [4.78, 5) is 10.6. The fourth-order valence-corrected chi connectivity index (χ4v) is 0.386. The molecule has 0 aliphatic carbocycles. The topological polar surface area (TPSA) is 26.3 Å². The largest absolute Gasteiger partial charge is 0.457 e. The number of hydrogen-bond acceptors (Lipinski definition) is 2. The Kier molecular flexibility index (Phi) is 8.33. The van der Waals surface area contributed by atoms with Gasteiger partial charge in [0.05, 0.1) is 0 Å². The molecule has 0 aromatic carbocycles. The second-order valence-corrected chi connectivity index (χ2v) is 2.74. The molecule has 2 nitrogen and oxygen atoms in total. The van der Waals surface area contributed by atoms with Gasteiger partial charge >= 0.3 is 5.97 Å². The van der Waals surface area contributed by atoms with Gasteiger partial charge in [0.15, 0.2) is 0 Å². The molecule has 0 aliphatic heterocycles. The smallest absolute Gasteiger partial charge is 0.330 e. The molecule has 0 N–H and O–H groups in total. The molecule has 0 aromatic rings. The van der Waals surface area contributed by atoms with Crippen LogP contribution in [-0.2, 0) is 9.53 Å². The van der Waals surface area contributed by atoms with Crippen molar-refractivity contribution in [3.05, 3.63) is 12.7 Å². The van der Waals surface area contributed by atoms with Gasteiger partial charge in [-0.2, -0.15) is 0 Å². The van der Waals surface area contributed by atoms with Crippen LogP contribution in [0.5, 0.6) is 0 Å². The quantitative estimate of drug-likeness (QED) is 0.375. The number of carbonyl (C=O) groups is 1. The Morgan fingerprint density at radius 3 is 2.36 bits per heavy atom. The van der Waals surface area contributed by atoms with Crippen molar-refractivity contribution in [3.63, 3.8) is 0 Å². The maximum Gasteiger partial charge on any atom is 0.330 e. The molecule has 0 unspecified atom stereocenters. The van der Waals surface area contributed by atoms with E-state index in [1.54, 1.807) is 0 Å². The SMILES string of the molecule is C=CC(=O)OC(C)(C)CC.[K]. The van der Waals surface area contributed by atoms with Crippen LogP contribution in [0.3, 0.4) is 0 Å². The molecule has 1 radical (unpaired) electrons. The van der Waals surface area contributed by atoms with E-state index >= 15 is 0 Å². The zero-order valence-corrected chi connectivity index (χ0v) is 10.9. The Bertz CT molecular complexity index is 141. The molecule has 0 heterocycles. The second-order valence-electron chi connectivity index (χ2n) is 2.74. The van der Waals surface area contributed by atoms with Crippen LogP contribution in [0, 0.1) is 0 Å². The molecule has 0 fully saturated rings. The average molecular weight is 181 g/mol. The van der Waals surface area contributed by atoms with Crippen molar-refractivity contribution in [2.75, 3.05) is 0 Å². The van der Waals surface area contributed by atoms with Crippen molar-refractivity contribution in [2.24, 2.45) is 0 Å². The zero-order chi connectivity index (χ0) is 8.20. The molecule has 0 aliphatic rings. The number of ether oxygens (including phenoxy) is 1. The van der Waals surface area contributed by atoms with E-state index in [9.17, 15) is 4.79 Å². The minimum absolute atomic E-state index is 0. The molecular formula is C8H14KO2. The minimum Gasteiger partial charge on any atom is -0.457 e. The van der Waals surface area contributed by atoms with Crippen molar-refractivity contribution < 1.29 is 9.53 Å². The predicted octanol–water partition coefficient (Wildman–Crippen LogP) is 1.52. The summed E-state index contributed by atoms with van der Waals surface area (Å²) in [6.45, 7) is 9.01. The molecular weight excluding hydrogens is 167 g/mol. The third-order valence-electron chi connectivity index (χ3n) is 1.39. The first-order valence-electron chi connectivity index (χ1n) is 3.37. The molecule has 3 heteroatoms. The summed E-state index contributed by atoms with van der Waals surface area (Å²) in [7, 11) is 0. The first-order valence-corrected chi connectivity index (χ1v) is 3.37. The van der Waals surface area contributed by atoms with Gasteiger partial charge in [-0.15, -0.1) is 0 Å². The number of hydrogen-bond donors (Lipinski definition) is 0. The van der Waals surface area contributed by atoms with E-state index in [2.05, 4.69) is 6.58 Å². The molecule has 0 aromatic heterocycles. The molecule has 59 valence electrons. The second kappa shape index (κ2) is 6.37. The van der Waals surface area contributed by atoms with Crippen molar-refractivity contribution >= 4 is 57.4 Å². The summed E-state index contributed by atoms with van der Waals surface area (Å²) in [6, 6.07) is 0. The summed E-state index contributed by atoms with van der Waals surface area (Å²) in [5.41, 5.74) is -0.356. The standard InChI is InChI=1S/C8H14O2.K/c1-5-7(9)10-8(3,4)6-2;/h5H,1,6H2,2-4H3;. The van der Waals surface area contributed by atoms with Gasteiger partial charge in [0, 0.05) is 57.5 Å². The summed E-state index contributed by atoms with van der Waals surface area (Å²) in [5.74, 6) is -0.355. The molecule has 0 spiro atoms. The fourth-order valence-electron chi connectivity index (χ4n) is 0.386. The monoisotopic (exact) mass is 181 g/mol. The Balaban J connectivity index is 0. The molecule has 11 heavy (non-hydrogen) atoms. The van der Waals surface area contributed by atoms with Crippen LogP contribution >= 0.6 is 0 Å². The molecule has 0 saturated carbocycles. The van der Waals surface area contributed by atoms with E-state index in [-0.39, 0.29) is 63.0 Å². The van der Waals surface area contributed by atoms with E-state index in [1.165, 1.54) is 6.08 Å². The van der Waals surface area contributed by atoms with Crippen molar-refractivity contribution in [2.45, 2.75) is 32.8 Å². The maximum absolute atomic E-state index is 10.6. The maximum atomic E-state index is 10.6. The van der Waals surface area contributed by atoms with E-state index in [4.69, 9.17) is 4.74 Å². The van der Waals surface area contributed by atoms with Crippen LogP contribution in [0.25, 0.3) is 0 Å². The van der Waals surface area contributed by atoms with Gasteiger partial charge in [0.1, 0.15) is 5.60 Å². The third kappa shape index (κ3) is 7.22. The Morgan fingerprint density at radius 1 is 1.64 bits per heavy atom. The van der Waals surface area contributed by atoms with Crippen LogP contribution in [0.4, 0.5) is 0 Å². The van der Waals surface area contributed by atoms with Gasteiger partial charge in [-0.3, -0.25) is 0 Å². The Morgan fingerprint density at radius 2 is 2.09 bits per heavy atom. The molecule has 0 bridgehead atoms. The van der Waals surface area contributed by atoms with Crippen molar-refractivity contribution in [1.82, 2.24) is 0 Å². The summed E-state index contributed by atoms with van der Waals surface area (Å²) >= 11 is 0. The molecule has 0 amide bonds. The first-order chi connectivity index (χ1) is 4.52. The third-order valence-corrected chi connectivity index (χ3v) is 1.39. The van der Waals surface area contributed by atoms with Crippen LogP contribution in [-0.4, -0.2) is 63.0 Å². The van der Waals surface area contributed by atoms with Crippen molar-refractivity contribution in [3.8, 4) is 0 Å². The number of rotatable bonds is 3. The molecule has 0 atom stereocenters. The van der Waals surface area contributed by atoms with Gasteiger partial charge in [-0.25, -0.2) is 4.79 Å². The first kappa shape index (κ1) is 14.4.